The predicted molar refractivity (Wildman–Crippen MR) is 117 cm³/mol. The van der Waals surface area contributed by atoms with E-state index in [-0.39, 0.29) is 11.8 Å². The van der Waals surface area contributed by atoms with E-state index in [9.17, 15) is 4.79 Å². The maximum Gasteiger partial charge on any atom is 0.231 e. The standard InChI is InChI=1S/C22H21N9O/c1-14-12-15(6-9-23-14)25-22-24-10-7-18(27-22)17-4-3-5-20(26-17)31-13-19(28-29-31)16-8-11-30(2)21(16)32/h3-7,9-10,12-13,16H,8,11H2,1-2H3,(H,23,24,25,27)/t16-/m0/s1. The number of nitrogens with zero attached hydrogens (tertiary/aromatic N) is 8. The number of nitrogens with one attached hydrogen (secondary N) is 1. The van der Waals surface area contributed by atoms with E-state index < -0.39 is 0 Å². The first-order valence-electron chi connectivity index (χ1n) is 10.2. The Hall–Kier alpha value is -4.21. The van der Waals surface area contributed by atoms with Gasteiger partial charge in [-0.15, -0.1) is 5.10 Å². The first-order chi connectivity index (χ1) is 15.6. The van der Waals surface area contributed by atoms with Crippen LogP contribution in [0.2, 0.25) is 0 Å². The van der Waals surface area contributed by atoms with E-state index in [0.29, 0.717) is 28.8 Å². The zero-order valence-electron chi connectivity index (χ0n) is 17.7. The number of pyridine rings is 2. The van der Waals surface area contributed by atoms with Gasteiger partial charge in [0.15, 0.2) is 5.82 Å². The van der Waals surface area contributed by atoms with Crippen molar-refractivity contribution in [2.24, 2.45) is 0 Å². The number of likely N-dealkylation sites (N-methyl/N-ethyl adjacent to an activating group) is 1. The fraction of sp³-hybridized carbons (Fsp3) is 0.227. The van der Waals surface area contributed by atoms with Crippen LogP contribution in [0.3, 0.4) is 0 Å². The van der Waals surface area contributed by atoms with Crippen LogP contribution in [-0.4, -0.2) is 59.3 Å². The lowest BCUT2D eigenvalue weighted by atomic mass is 10.1. The molecule has 0 bridgehead atoms. The molecule has 1 aliphatic heterocycles. The van der Waals surface area contributed by atoms with Crippen LogP contribution >= 0.6 is 0 Å². The number of carbonyl (C=O) groups is 1. The van der Waals surface area contributed by atoms with Gasteiger partial charge in [-0.25, -0.2) is 19.6 Å². The highest BCUT2D eigenvalue weighted by atomic mass is 16.2. The average Bonchev–Trinajstić information content (AvgIpc) is 3.41. The topological polar surface area (TPSA) is 115 Å². The number of carbonyl (C=O) groups excluding carboxylic acids is 1. The number of aromatic nitrogens is 7. The summed E-state index contributed by atoms with van der Waals surface area (Å²) in [5, 5.41) is 11.6. The third kappa shape index (κ3) is 3.89. The number of amides is 1. The fourth-order valence-corrected chi connectivity index (χ4v) is 3.65. The number of hydrogen-bond donors (Lipinski definition) is 1. The molecular weight excluding hydrogens is 406 g/mol. The van der Waals surface area contributed by atoms with Crippen molar-refractivity contribution in [1.29, 1.82) is 0 Å². The summed E-state index contributed by atoms with van der Waals surface area (Å²) >= 11 is 0. The molecule has 0 saturated carbocycles. The van der Waals surface area contributed by atoms with Gasteiger partial charge in [-0.05, 0) is 43.7 Å². The van der Waals surface area contributed by atoms with Gasteiger partial charge >= 0.3 is 0 Å². The second-order valence-corrected chi connectivity index (χ2v) is 7.65. The molecule has 10 heteroatoms. The molecule has 1 atom stereocenters. The fourth-order valence-electron chi connectivity index (χ4n) is 3.65. The molecule has 4 aromatic rings. The molecule has 5 rings (SSSR count). The van der Waals surface area contributed by atoms with Crippen LogP contribution in [0.25, 0.3) is 17.2 Å². The number of hydrogen-bond acceptors (Lipinski definition) is 8. The molecule has 0 spiro atoms. The van der Waals surface area contributed by atoms with E-state index in [1.807, 2.05) is 37.3 Å². The van der Waals surface area contributed by atoms with Crippen molar-refractivity contribution in [1.82, 2.24) is 39.8 Å². The molecule has 1 aliphatic rings. The maximum atomic E-state index is 12.3. The molecule has 0 aromatic carbocycles. The van der Waals surface area contributed by atoms with Crippen LogP contribution in [0.15, 0.2) is 55.0 Å². The second-order valence-electron chi connectivity index (χ2n) is 7.65. The lowest BCUT2D eigenvalue weighted by molar-refractivity contribution is -0.127. The third-order valence-electron chi connectivity index (χ3n) is 5.34. The minimum absolute atomic E-state index is 0.0733. The van der Waals surface area contributed by atoms with Gasteiger partial charge in [0.2, 0.25) is 11.9 Å². The minimum atomic E-state index is -0.246. The van der Waals surface area contributed by atoms with Crippen LogP contribution in [0.1, 0.15) is 23.7 Å². The monoisotopic (exact) mass is 427 g/mol. The van der Waals surface area contributed by atoms with E-state index in [0.717, 1.165) is 24.3 Å². The Balaban J connectivity index is 1.40. The summed E-state index contributed by atoms with van der Waals surface area (Å²) in [5.74, 6) is 0.888. The molecule has 4 aromatic heterocycles. The second kappa shape index (κ2) is 8.14. The van der Waals surface area contributed by atoms with Gasteiger partial charge in [0.05, 0.1) is 29.2 Å². The van der Waals surface area contributed by atoms with E-state index in [1.54, 1.807) is 41.3 Å². The van der Waals surface area contributed by atoms with E-state index in [4.69, 9.17) is 0 Å². The smallest absolute Gasteiger partial charge is 0.231 e. The zero-order chi connectivity index (χ0) is 22.1. The van der Waals surface area contributed by atoms with Gasteiger partial charge in [0.25, 0.3) is 0 Å². The van der Waals surface area contributed by atoms with Gasteiger partial charge in [-0.2, -0.15) is 0 Å². The number of likely N-dealkylation sites (tertiary alicyclic amines) is 1. The molecule has 10 nitrogen and oxygen atoms in total. The van der Waals surface area contributed by atoms with Gasteiger partial charge in [0.1, 0.15) is 0 Å². The third-order valence-corrected chi connectivity index (χ3v) is 5.34. The lowest BCUT2D eigenvalue weighted by Crippen LogP contribution is -2.21. The van der Waals surface area contributed by atoms with Crippen LogP contribution in [0.4, 0.5) is 11.6 Å². The van der Waals surface area contributed by atoms with Crippen molar-refractivity contribution < 1.29 is 4.79 Å². The van der Waals surface area contributed by atoms with Crippen LogP contribution in [0.5, 0.6) is 0 Å². The molecule has 1 fully saturated rings. The summed E-state index contributed by atoms with van der Waals surface area (Å²) in [6.45, 7) is 2.65. The lowest BCUT2D eigenvalue weighted by Gasteiger charge is -2.08. The summed E-state index contributed by atoms with van der Waals surface area (Å²) in [5.41, 5.74) is 3.76. The van der Waals surface area contributed by atoms with Gasteiger partial charge in [-0.3, -0.25) is 9.78 Å². The molecule has 1 N–H and O–H groups in total. The molecule has 5 heterocycles. The summed E-state index contributed by atoms with van der Waals surface area (Å²) in [6, 6.07) is 11.2. The van der Waals surface area contributed by atoms with Gasteiger partial charge in [0, 0.05) is 37.4 Å². The van der Waals surface area contributed by atoms with Crippen molar-refractivity contribution in [3.05, 3.63) is 66.4 Å². The molecule has 1 saturated heterocycles. The number of aryl methyl sites for hydroxylation is 1. The van der Waals surface area contributed by atoms with Crippen molar-refractivity contribution in [2.45, 2.75) is 19.3 Å². The van der Waals surface area contributed by atoms with Crippen molar-refractivity contribution >= 4 is 17.5 Å². The highest BCUT2D eigenvalue weighted by Crippen LogP contribution is 2.26. The first kappa shape index (κ1) is 19.7. The highest BCUT2D eigenvalue weighted by molar-refractivity contribution is 5.84. The van der Waals surface area contributed by atoms with Gasteiger partial charge < -0.3 is 10.2 Å². The zero-order valence-corrected chi connectivity index (χ0v) is 17.7. The van der Waals surface area contributed by atoms with Gasteiger partial charge in [-0.1, -0.05) is 11.3 Å². The Kier molecular flexibility index (Phi) is 5.02. The van der Waals surface area contributed by atoms with Crippen LogP contribution in [-0.2, 0) is 4.79 Å². The first-order valence-corrected chi connectivity index (χ1v) is 10.2. The SMILES string of the molecule is Cc1cc(Nc2nccc(-c3cccc(-n4cc([C@@H]5CCN(C)C5=O)nn4)n3)n2)ccn1. The normalized spacial score (nSPS) is 15.9. The summed E-state index contributed by atoms with van der Waals surface area (Å²) < 4.78 is 1.59. The molecule has 0 radical (unpaired) electrons. The predicted octanol–water partition coefficient (Wildman–Crippen LogP) is 2.51. The summed E-state index contributed by atoms with van der Waals surface area (Å²) in [6.07, 6.45) is 5.93. The van der Waals surface area contributed by atoms with E-state index in [2.05, 4.69) is 35.6 Å². The minimum Gasteiger partial charge on any atom is -0.345 e. The van der Waals surface area contributed by atoms with Crippen molar-refractivity contribution in [3.8, 4) is 17.2 Å². The maximum absolute atomic E-state index is 12.3. The summed E-state index contributed by atoms with van der Waals surface area (Å²) in [4.78, 5) is 31.8. The van der Waals surface area contributed by atoms with Crippen molar-refractivity contribution in [3.63, 3.8) is 0 Å². The van der Waals surface area contributed by atoms with Crippen molar-refractivity contribution in [2.75, 3.05) is 18.9 Å². The molecular formula is C22H21N9O. The van der Waals surface area contributed by atoms with E-state index >= 15 is 0 Å². The molecule has 0 aliphatic carbocycles. The largest absolute Gasteiger partial charge is 0.345 e. The molecule has 0 unspecified atom stereocenters. The Morgan fingerprint density at radius 3 is 2.72 bits per heavy atom. The van der Waals surface area contributed by atoms with Crippen LogP contribution in [0, 0.1) is 6.92 Å². The Labute approximate surface area is 184 Å². The number of anilines is 2. The molecule has 160 valence electrons. The molecule has 1 amide bonds. The van der Waals surface area contributed by atoms with Crippen LogP contribution < -0.4 is 5.32 Å². The molecule has 32 heavy (non-hydrogen) atoms. The Bertz CT molecular complexity index is 1290. The number of rotatable bonds is 5. The average molecular weight is 427 g/mol. The Morgan fingerprint density at radius 1 is 1.06 bits per heavy atom. The van der Waals surface area contributed by atoms with E-state index in [1.165, 1.54) is 0 Å². The Morgan fingerprint density at radius 2 is 1.91 bits per heavy atom. The quantitative estimate of drug-likeness (QED) is 0.517. The summed E-state index contributed by atoms with van der Waals surface area (Å²) in [7, 11) is 1.80. The highest BCUT2D eigenvalue weighted by Gasteiger charge is 2.32.